The Morgan fingerprint density at radius 3 is 2.41 bits per heavy atom. The van der Waals surface area contributed by atoms with Crippen molar-refractivity contribution in [3.63, 3.8) is 0 Å². The molecule has 1 aromatic rings. The summed E-state index contributed by atoms with van der Waals surface area (Å²) in [7, 11) is -3.78. The van der Waals surface area contributed by atoms with Gasteiger partial charge in [0.15, 0.2) is 11.6 Å². The molecule has 8 heteroatoms. The quantitative estimate of drug-likeness (QED) is 0.828. The van der Waals surface area contributed by atoms with E-state index in [4.69, 9.17) is 9.88 Å². The van der Waals surface area contributed by atoms with Crippen molar-refractivity contribution < 1.29 is 17.5 Å². The van der Waals surface area contributed by atoms with Crippen LogP contribution >= 0.6 is 0 Å². The molecule has 0 saturated heterocycles. The van der Waals surface area contributed by atoms with Gasteiger partial charge < -0.3 is 4.74 Å². The lowest BCUT2D eigenvalue weighted by Gasteiger charge is -2.20. The van der Waals surface area contributed by atoms with Crippen molar-refractivity contribution in [3.8, 4) is 0 Å². The summed E-state index contributed by atoms with van der Waals surface area (Å²) in [4.78, 5) is 7.40. The van der Waals surface area contributed by atoms with E-state index >= 15 is 0 Å². The van der Waals surface area contributed by atoms with Crippen LogP contribution in [0.3, 0.4) is 0 Å². The van der Waals surface area contributed by atoms with Crippen molar-refractivity contribution in [2.45, 2.75) is 25.2 Å². The highest BCUT2D eigenvalue weighted by molar-refractivity contribution is 7.89. The number of halogens is 1. The fraction of sp³-hybridized carbons (Fsp3) is 0.556. The molecule has 1 rings (SSSR count). The Bertz CT molecular complexity index is 463. The molecule has 2 N–H and O–H groups in total. The molecule has 1 heterocycles. The second-order valence-electron chi connectivity index (χ2n) is 3.43. The minimum absolute atomic E-state index is 0.0924. The van der Waals surface area contributed by atoms with E-state index in [9.17, 15) is 12.8 Å². The molecule has 96 valence electrons. The van der Waals surface area contributed by atoms with Crippen LogP contribution in [0.1, 0.15) is 25.8 Å². The highest BCUT2D eigenvalue weighted by Crippen LogP contribution is 2.21. The van der Waals surface area contributed by atoms with Crippen molar-refractivity contribution in [1.82, 2.24) is 9.97 Å². The van der Waals surface area contributed by atoms with Crippen LogP contribution in [0.25, 0.3) is 0 Å². The largest absolute Gasteiger partial charge is 0.369 e. The minimum atomic E-state index is -3.78. The Hall–Kier alpha value is -1.12. The number of hydrogen-bond acceptors (Lipinski definition) is 5. The summed E-state index contributed by atoms with van der Waals surface area (Å²) < 4.78 is 40.4. The minimum Gasteiger partial charge on any atom is -0.369 e. The van der Waals surface area contributed by atoms with Gasteiger partial charge in [-0.15, -0.1) is 0 Å². The molecule has 0 amide bonds. The number of hydrogen-bond donors (Lipinski definition) is 1. The Labute approximate surface area is 99.1 Å². The van der Waals surface area contributed by atoms with E-state index in [1.807, 2.05) is 0 Å². The first-order valence-electron chi connectivity index (χ1n) is 4.97. The van der Waals surface area contributed by atoms with Gasteiger partial charge in [0.05, 0.1) is 12.4 Å². The van der Waals surface area contributed by atoms with Crippen molar-refractivity contribution in [2.24, 2.45) is 5.14 Å². The number of nitrogens with two attached hydrogens (primary N) is 1. The molecule has 0 aliphatic carbocycles. The molecule has 0 saturated carbocycles. The number of ether oxygens (including phenoxy) is 1. The molecular weight excluding hydrogens is 249 g/mol. The molecule has 0 fully saturated rings. The highest BCUT2D eigenvalue weighted by atomic mass is 32.2. The Kier molecular flexibility index (Phi) is 4.49. The first kappa shape index (κ1) is 13.9. The maximum Gasteiger partial charge on any atom is 0.214 e. The fourth-order valence-electron chi connectivity index (χ4n) is 1.24. The summed E-state index contributed by atoms with van der Waals surface area (Å²) in [5.41, 5.74) is 0. The summed E-state index contributed by atoms with van der Waals surface area (Å²) in [6.45, 7) is 3.36. The molecule has 6 nitrogen and oxygen atoms in total. The Morgan fingerprint density at radius 1 is 1.47 bits per heavy atom. The zero-order chi connectivity index (χ0) is 13.1. The van der Waals surface area contributed by atoms with Gasteiger partial charge in [0.2, 0.25) is 10.0 Å². The van der Waals surface area contributed by atoms with Gasteiger partial charge >= 0.3 is 0 Å². The third kappa shape index (κ3) is 3.69. The fourth-order valence-corrected chi connectivity index (χ4v) is 1.79. The molecule has 0 aliphatic heterocycles. The average molecular weight is 263 g/mol. The normalized spacial score (nSPS) is 15.5. The van der Waals surface area contributed by atoms with Gasteiger partial charge in [-0.25, -0.2) is 27.9 Å². The van der Waals surface area contributed by atoms with Crippen LogP contribution in [-0.2, 0) is 14.8 Å². The average Bonchev–Trinajstić information content (AvgIpc) is 2.25. The monoisotopic (exact) mass is 263 g/mol. The van der Waals surface area contributed by atoms with E-state index in [0.29, 0.717) is 0 Å². The van der Waals surface area contributed by atoms with Gasteiger partial charge in [0.25, 0.3) is 0 Å². The van der Waals surface area contributed by atoms with E-state index in [-0.39, 0.29) is 12.4 Å². The molecule has 2 atom stereocenters. The first-order valence-corrected chi connectivity index (χ1v) is 6.58. The van der Waals surface area contributed by atoms with E-state index in [0.717, 1.165) is 12.4 Å². The second kappa shape index (κ2) is 5.48. The maximum absolute atomic E-state index is 12.7. The molecule has 0 aliphatic rings. The van der Waals surface area contributed by atoms with Gasteiger partial charge in [-0.1, -0.05) is 0 Å². The van der Waals surface area contributed by atoms with Crippen LogP contribution in [0.4, 0.5) is 4.39 Å². The predicted molar refractivity (Wildman–Crippen MR) is 58.9 cm³/mol. The lowest BCUT2D eigenvalue weighted by Crippen LogP contribution is -2.33. The van der Waals surface area contributed by atoms with Gasteiger partial charge in [0.1, 0.15) is 11.4 Å². The summed E-state index contributed by atoms with van der Waals surface area (Å²) in [5, 5.41) is 4.03. The van der Waals surface area contributed by atoms with Crippen molar-refractivity contribution in [2.75, 3.05) is 6.61 Å². The van der Waals surface area contributed by atoms with E-state index in [2.05, 4.69) is 9.97 Å². The lowest BCUT2D eigenvalue weighted by atomic mass is 10.2. The van der Waals surface area contributed by atoms with Crippen molar-refractivity contribution >= 4 is 10.0 Å². The molecule has 17 heavy (non-hydrogen) atoms. The van der Waals surface area contributed by atoms with E-state index in [1.54, 1.807) is 6.92 Å². The molecule has 0 radical (unpaired) electrons. The zero-order valence-electron chi connectivity index (χ0n) is 9.50. The van der Waals surface area contributed by atoms with Crippen LogP contribution in [0.5, 0.6) is 0 Å². The first-order chi connectivity index (χ1) is 7.86. The van der Waals surface area contributed by atoms with Gasteiger partial charge in [-0.05, 0) is 13.8 Å². The number of nitrogens with zero attached hydrogens (tertiary/aromatic N) is 2. The third-order valence-corrected chi connectivity index (χ3v) is 3.47. The Morgan fingerprint density at radius 2 is 2.00 bits per heavy atom. The highest BCUT2D eigenvalue weighted by Gasteiger charge is 2.30. The zero-order valence-corrected chi connectivity index (χ0v) is 10.3. The van der Waals surface area contributed by atoms with Crippen LogP contribution in [0, 0.1) is 5.82 Å². The third-order valence-electron chi connectivity index (χ3n) is 2.19. The number of rotatable bonds is 5. The lowest BCUT2D eigenvalue weighted by molar-refractivity contribution is 0.0555. The molecule has 0 unspecified atom stereocenters. The van der Waals surface area contributed by atoms with E-state index in [1.165, 1.54) is 6.92 Å². The van der Waals surface area contributed by atoms with Crippen LogP contribution in [0.2, 0.25) is 0 Å². The van der Waals surface area contributed by atoms with Crippen molar-refractivity contribution in [1.29, 1.82) is 0 Å². The maximum atomic E-state index is 12.7. The summed E-state index contributed by atoms with van der Waals surface area (Å²) >= 11 is 0. The van der Waals surface area contributed by atoms with Crippen LogP contribution in [-0.4, -0.2) is 30.2 Å². The molecule has 0 bridgehead atoms. The van der Waals surface area contributed by atoms with Gasteiger partial charge in [-0.3, -0.25) is 0 Å². The molecule has 0 aromatic carbocycles. The van der Waals surface area contributed by atoms with Gasteiger partial charge in [0, 0.05) is 6.61 Å². The summed E-state index contributed by atoms with van der Waals surface area (Å²) in [5.74, 6) is -0.512. The van der Waals surface area contributed by atoms with Gasteiger partial charge in [-0.2, -0.15) is 0 Å². The second-order valence-corrected chi connectivity index (χ2v) is 5.35. The van der Waals surface area contributed by atoms with Crippen LogP contribution in [0.15, 0.2) is 12.4 Å². The summed E-state index contributed by atoms with van der Waals surface area (Å²) in [6, 6.07) is 0. The summed E-state index contributed by atoms with van der Waals surface area (Å²) in [6.07, 6.45) is 0.990. The molecule has 1 aromatic heterocycles. The van der Waals surface area contributed by atoms with Crippen molar-refractivity contribution in [3.05, 3.63) is 24.0 Å². The SMILES string of the molecule is CCO[C@H](c1ncc(F)cn1)[C@H](C)S(N)(=O)=O. The Balaban J connectivity index is 3.05. The molecule has 0 spiro atoms. The van der Waals surface area contributed by atoms with Crippen LogP contribution < -0.4 is 5.14 Å². The smallest absolute Gasteiger partial charge is 0.214 e. The number of sulfonamides is 1. The topological polar surface area (TPSA) is 95.2 Å². The molecular formula is C9H14FN3O3S. The standard InChI is InChI=1S/C9H14FN3O3S/c1-3-16-8(6(2)17(11,14)15)9-12-4-7(10)5-13-9/h4-6,8H,3H2,1-2H3,(H2,11,14,15)/t6-,8-/m0/s1. The predicted octanol–water partition coefficient (Wildman–Crippen LogP) is 0.370. The number of aromatic nitrogens is 2. The number of primary sulfonamides is 1. The van der Waals surface area contributed by atoms with E-state index < -0.39 is 27.2 Å².